The number of carboxylic acid groups (broad SMARTS) is 1. The molecule has 0 saturated heterocycles. The molecular formula is C48H71N7O12. The van der Waals surface area contributed by atoms with Gasteiger partial charge in [-0.2, -0.15) is 0 Å². The summed E-state index contributed by atoms with van der Waals surface area (Å²) in [6.07, 6.45) is 15.1. The van der Waals surface area contributed by atoms with Crippen molar-refractivity contribution in [3.8, 4) is 22.6 Å². The van der Waals surface area contributed by atoms with Gasteiger partial charge in [-0.15, -0.1) is 0 Å². The average molecular weight is 938 g/mol. The molecule has 1 heterocycles. The lowest BCUT2D eigenvalue weighted by Gasteiger charge is -2.30. The monoisotopic (exact) mass is 938 g/mol. The van der Waals surface area contributed by atoms with Crippen molar-refractivity contribution in [1.82, 2.24) is 36.4 Å². The highest BCUT2D eigenvalue weighted by Gasteiger charge is 2.34. The number of unbranched alkanes of at least 4 members (excludes halogenated alkanes) is 12. The average Bonchev–Trinajstić information content (AvgIpc) is 3.29. The zero-order chi connectivity index (χ0) is 49.6. The first kappa shape index (κ1) is 55.1. The van der Waals surface area contributed by atoms with Crippen molar-refractivity contribution in [1.29, 1.82) is 0 Å². The minimum Gasteiger partial charge on any atom is -0.507 e. The van der Waals surface area contributed by atoms with Gasteiger partial charge in [0.15, 0.2) is 0 Å². The van der Waals surface area contributed by atoms with Gasteiger partial charge in [-0.3, -0.25) is 38.4 Å². The molecule has 67 heavy (non-hydrogen) atoms. The predicted octanol–water partition coefficient (Wildman–Crippen LogP) is 2.93. The summed E-state index contributed by atoms with van der Waals surface area (Å²) in [6, 6.07) is 1.57. The van der Waals surface area contributed by atoms with Gasteiger partial charge in [0.2, 0.25) is 41.4 Å². The van der Waals surface area contributed by atoms with E-state index in [4.69, 9.17) is 5.11 Å². The Bertz CT molecular complexity index is 2030. The Hall–Kier alpha value is -6.24. The summed E-state index contributed by atoms with van der Waals surface area (Å²) in [7, 11) is 2.68. The number of nitrogens with one attached hydrogen (secondary N) is 5. The Morgan fingerprint density at radius 3 is 1.88 bits per heavy atom. The van der Waals surface area contributed by atoms with Crippen LogP contribution in [0.4, 0.5) is 0 Å². The summed E-state index contributed by atoms with van der Waals surface area (Å²) in [4.78, 5) is 107. The maximum atomic E-state index is 14.0. The fourth-order valence-electron chi connectivity index (χ4n) is 7.79. The minimum absolute atomic E-state index is 0.0440. The number of carbonyl (C=O) groups excluding carboxylic acids is 7. The highest BCUT2D eigenvalue weighted by molar-refractivity contribution is 5.97. The molecule has 0 spiro atoms. The first-order valence-corrected chi connectivity index (χ1v) is 23.4. The molecule has 7 amide bonds. The molecule has 3 rings (SSSR count). The molecule has 19 heteroatoms. The molecule has 0 aliphatic carbocycles. The Morgan fingerprint density at radius 2 is 1.30 bits per heavy atom. The third-order valence-corrected chi connectivity index (χ3v) is 12.0. The molecule has 5 unspecified atom stereocenters. The highest BCUT2D eigenvalue weighted by atomic mass is 16.4. The van der Waals surface area contributed by atoms with E-state index in [1.54, 1.807) is 0 Å². The molecule has 0 radical (unpaired) electrons. The lowest BCUT2D eigenvalue weighted by molar-refractivity contribution is -0.142. The summed E-state index contributed by atoms with van der Waals surface area (Å²) in [5.41, 5.74) is 0.655. The van der Waals surface area contributed by atoms with Gasteiger partial charge in [-0.1, -0.05) is 96.1 Å². The zero-order valence-corrected chi connectivity index (χ0v) is 39.5. The van der Waals surface area contributed by atoms with Crippen LogP contribution in [-0.4, -0.2) is 136 Å². The smallest absolute Gasteiger partial charge is 0.322 e. The lowest BCUT2D eigenvalue weighted by Crippen LogP contribution is -2.56. The molecule has 1 aliphatic heterocycles. The number of aliphatic hydroxyl groups excluding tert-OH is 1. The van der Waals surface area contributed by atoms with Crippen molar-refractivity contribution < 1.29 is 58.8 Å². The van der Waals surface area contributed by atoms with Crippen LogP contribution in [0.25, 0.3) is 11.1 Å². The van der Waals surface area contributed by atoms with Crippen molar-refractivity contribution in [3.63, 3.8) is 0 Å². The molecule has 2 aromatic carbocycles. The van der Waals surface area contributed by atoms with Crippen LogP contribution in [0, 0.1) is 0 Å². The molecular weight excluding hydrogens is 867 g/mol. The second-order valence-electron chi connectivity index (χ2n) is 17.3. The van der Waals surface area contributed by atoms with Crippen molar-refractivity contribution in [2.45, 2.75) is 147 Å². The fraction of sp³-hybridized carbons (Fsp3) is 0.583. The van der Waals surface area contributed by atoms with E-state index >= 15 is 0 Å². The number of likely N-dealkylation sites (N-methyl/N-ethyl adjacent to an activating group) is 2. The molecule has 370 valence electrons. The van der Waals surface area contributed by atoms with Gasteiger partial charge in [-0.05, 0) is 55.7 Å². The van der Waals surface area contributed by atoms with Gasteiger partial charge in [0.25, 0.3) is 0 Å². The van der Waals surface area contributed by atoms with Gasteiger partial charge in [0.1, 0.15) is 48.3 Å². The van der Waals surface area contributed by atoms with E-state index in [2.05, 4.69) is 33.5 Å². The van der Waals surface area contributed by atoms with Crippen LogP contribution < -0.4 is 26.6 Å². The van der Waals surface area contributed by atoms with Crippen molar-refractivity contribution in [2.24, 2.45) is 0 Å². The number of aliphatic carboxylic acids is 1. The number of phenols is 2. The zero-order valence-electron chi connectivity index (χ0n) is 39.5. The van der Waals surface area contributed by atoms with Gasteiger partial charge in [-0.25, -0.2) is 0 Å². The number of hydrogen-bond acceptors (Lipinski definition) is 11. The van der Waals surface area contributed by atoms with Crippen molar-refractivity contribution in [3.05, 3.63) is 47.5 Å². The number of rotatable bonds is 25. The summed E-state index contributed by atoms with van der Waals surface area (Å²) in [6.45, 7) is 2.80. The number of aromatic hydroxyl groups is 2. The number of fused-ring (bicyclic) bond motifs is 5. The van der Waals surface area contributed by atoms with E-state index in [1.807, 2.05) is 0 Å². The van der Waals surface area contributed by atoms with E-state index < -0.39 is 91.3 Å². The molecule has 5 atom stereocenters. The van der Waals surface area contributed by atoms with Crippen molar-refractivity contribution >= 4 is 47.3 Å². The third kappa shape index (κ3) is 17.5. The van der Waals surface area contributed by atoms with Crippen LogP contribution >= 0.6 is 0 Å². The van der Waals surface area contributed by atoms with E-state index in [1.165, 1.54) is 122 Å². The maximum Gasteiger partial charge on any atom is 0.322 e. The van der Waals surface area contributed by atoms with Gasteiger partial charge in [0, 0.05) is 38.1 Å². The van der Waals surface area contributed by atoms with Gasteiger partial charge in [0.05, 0.1) is 13.2 Å². The largest absolute Gasteiger partial charge is 0.507 e. The van der Waals surface area contributed by atoms with Crippen LogP contribution in [0.1, 0.15) is 128 Å². The molecule has 0 fully saturated rings. The second kappa shape index (κ2) is 28.1. The molecule has 2 aromatic rings. The molecule has 19 nitrogen and oxygen atoms in total. The Labute approximate surface area is 392 Å². The normalized spacial score (nSPS) is 16.8. The predicted molar refractivity (Wildman–Crippen MR) is 249 cm³/mol. The molecule has 9 N–H and O–H groups in total. The van der Waals surface area contributed by atoms with Crippen LogP contribution in [0.15, 0.2) is 36.4 Å². The topological polar surface area (TPSA) is 284 Å². The first-order valence-electron chi connectivity index (χ1n) is 23.4. The number of phenolic OH excluding ortho intramolecular Hbond substituents is 2. The van der Waals surface area contributed by atoms with Crippen LogP contribution in [0.2, 0.25) is 0 Å². The van der Waals surface area contributed by atoms with Crippen LogP contribution in [-0.2, 0) is 44.8 Å². The third-order valence-electron chi connectivity index (χ3n) is 12.0. The summed E-state index contributed by atoms with van der Waals surface area (Å²) in [5.74, 6) is -7.18. The van der Waals surface area contributed by atoms with E-state index in [0.717, 1.165) is 29.1 Å². The number of carboxylic acids is 1. The van der Waals surface area contributed by atoms with Gasteiger partial charge >= 0.3 is 5.97 Å². The molecule has 0 aromatic heterocycles. The summed E-state index contributed by atoms with van der Waals surface area (Å²) < 4.78 is 0. The van der Waals surface area contributed by atoms with Gasteiger partial charge < -0.3 is 56.8 Å². The standard InChI is InChI=1S/C48H71N7O12/c1-6-7-8-9-10-11-12-13-14-15-16-17-18-19-40(59)54(4)37(29-56)47(66)51-30(2)44(63)49-27-41(60)55(5)43-33-21-23-39(58)35(26-33)34-24-32(20-22-38(34)57)25-36(46(65)50-28-42(61)62)53-45(64)31(3)52-48(43)67/h20-24,26,30-31,36-37,43,56-58H,6-19,25,27-29H2,1-5H3,(H,49,63)(H,50,65)(H,51,66)(H,52,67)(H,53,64)(H,61,62). The Morgan fingerprint density at radius 1 is 0.731 bits per heavy atom. The number of hydrogen-bond donors (Lipinski definition) is 9. The second-order valence-corrected chi connectivity index (χ2v) is 17.3. The minimum atomic E-state index is -1.50. The van der Waals surface area contributed by atoms with Crippen LogP contribution in [0.3, 0.4) is 0 Å². The number of benzene rings is 2. The Balaban J connectivity index is 1.64. The first-order chi connectivity index (χ1) is 31.9. The lowest BCUT2D eigenvalue weighted by atomic mass is 9.93. The maximum absolute atomic E-state index is 14.0. The summed E-state index contributed by atoms with van der Waals surface area (Å²) >= 11 is 0. The number of aliphatic hydroxyl groups is 1. The number of carbonyl (C=O) groups is 8. The SMILES string of the molecule is CCCCCCCCCCCCCCCC(=O)N(C)C(CO)C(=O)NC(C)C(=O)NCC(=O)N(C)C1C(=O)NC(C)C(=O)NC(C(=O)NCC(=O)O)Cc2ccc(O)c(c2)-c2cc1ccc2O. The highest BCUT2D eigenvalue weighted by Crippen LogP contribution is 2.38. The quantitative estimate of drug-likeness (QED) is 0.0650. The molecule has 4 bridgehead atoms. The van der Waals surface area contributed by atoms with E-state index in [0.29, 0.717) is 12.0 Å². The summed E-state index contributed by atoms with van der Waals surface area (Å²) in [5, 5.41) is 53.1. The number of nitrogens with zero attached hydrogens (tertiary/aromatic N) is 2. The van der Waals surface area contributed by atoms with E-state index in [9.17, 15) is 53.7 Å². The molecule has 1 aliphatic rings. The molecule has 0 saturated carbocycles. The van der Waals surface area contributed by atoms with E-state index in [-0.39, 0.29) is 46.9 Å². The van der Waals surface area contributed by atoms with Crippen LogP contribution in [0.5, 0.6) is 11.5 Å². The fourth-order valence-corrected chi connectivity index (χ4v) is 7.79. The number of amides is 7. The Kier molecular flexibility index (Phi) is 23.1. The van der Waals surface area contributed by atoms with Crippen molar-refractivity contribution in [2.75, 3.05) is 33.8 Å².